The van der Waals surface area contributed by atoms with Crippen LogP contribution in [0.2, 0.25) is 0 Å². The maximum atomic E-state index is 9.02. The molecule has 0 aromatic carbocycles. The predicted octanol–water partition coefficient (Wildman–Crippen LogP) is -0.395. The second-order valence-electron chi connectivity index (χ2n) is 3.13. The van der Waals surface area contributed by atoms with E-state index in [0.717, 1.165) is 25.9 Å². The van der Waals surface area contributed by atoms with E-state index in [2.05, 4.69) is 11.9 Å². The summed E-state index contributed by atoms with van der Waals surface area (Å²) < 4.78 is 0. The molecule has 3 N–H and O–H groups in total. The number of aliphatic hydroxyl groups excluding tert-OH is 1. The minimum atomic E-state index is -0.603. The zero-order valence-electron chi connectivity index (χ0n) is 6.45. The number of piperidine rings is 1. The standard InChI is InChI=1S/C7H16N2O/c1-9-4-2-6(3-5-9)7(8)10/h6-7,10H,2-5,8H2,1H3/t7-/m1/s1. The lowest BCUT2D eigenvalue weighted by molar-refractivity contribution is 0.0710. The van der Waals surface area contributed by atoms with Crippen LogP contribution in [0.4, 0.5) is 0 Å². The summed E-state index contributed by atoms with van der Waals surface area (Å²) in [6.45, 7) is 2.14. The molecular weight excluding hydrogens is 128 g/mol. The van der Waals surface area contributed by atoms with E-state index in [9.17, 15) is 0 Å². The Kier molecular flexibility index (Phi) is 2.65. The Hall–Kier alpha value is -0.120. The van der Waals surface area contributed by atoms with Gasteiger partial charge in [0.25, 0.3) is 0 Å². The SMILES string of the molecule is CN1CCC([C@H](N)O)CC1. The summed E-state index contributed by atoms with van der Waals surface area (Å²) in [6, 6.07) is 0. The summed E-state index contributed by atoms with van der Waals surface area (Å²) in [5, 5.41) is 9.02. The van der Waals surface area contributed by atoms with Gasteiger partial charge >= 0.3 is 0 Å². The van der Waals surface area contributed by atoms with E-state index >= 15 is 0 Å². The van der Waals surface area contributed by atoms with E-state index in [1.54, 1.807) is 0 Å². The van der Waals surface area contributed by atoms with Crippen LogP contribution in [0.25, 0.3) is 0 Å². The Labute approximate surface area is 61.8 Å². The van der Waals surface area contributed by atoms with Gasteiger partial charge in [-0.3, -0.25) is 0 Å². The van der Waals surface area contributed by atoms with Crippen molar-refractivity contribution in [2.24, 2.45) is 11.7 Å². The third-order valence-corrected chi connectivity index (χ3v) is 2.25. The number of hydrogen-bond acceptors (Lipinski definition) is 3. The fourth-order valence-electron chi connectivity index (χ4n) is 1.37. The molecule has 3 nitrogen and oxygen atoms in total. The first-order valence-electron chi connectivity index (χ1n) is 3.82. The molecule has 10 heavy (non-hydrogen) atoms. The first kappa shape index (κ1) is 7.98. The quantitative estimate of drug-likeness (QED) is 0.493. The molecule has 1 atom stereocenters. The molecule has 1 heterocycles. The number of nitrogens with two attached hydrogens (primary N) is 1. The van der Waals surface area contributed by atoms with Crippen molar-refractivity contribution in [3.63, 3.8) is 0 Å². The van der Waals surface area contributed by atoms with Gasteiger partial charge in [0, 0.05) is 5.92 Å². The Morgan fingerprint density at radius 2 is 2.00 bits per heavy atom. The third kappa shape index (κ3) is 1.94. The van der Waals surface area contributed by atoms with E-state index in [0.29, 0.717) is 5.92 Å². The number of nitrogens with zero attached hydrogens (tertiary/aromatic N) is 1. The van der Waals surface area contributed by atoms with Crippen molar-refractivity contribution in [1.29, 1.82) is 0 Å². The molecule has 1 aliphatic rings. The third-order valence-electron chi connectivity index (χ3n) is 2.25. The maximum absolute atomic E-state index is 9.02. The topological polar surface area (TPSA) is 49.5 Å². The Morgan fingerprint density at radius 3 is 2.40 bits per heavy atom. The van der Waals surface area contributed by atoms with Crippen LogP contribution < -0.4 is 5.73 Å². The van der Waals surface area contributed by atoms with Crippen LogP contribution in [0.15, 0.2) is 0 Å². The zero-order valence-corrected chi connectivity index (χ0v) is 6.45. The molecule has 60 valence electrons. The first-order chi connectivity index (χ1) is 4.70. The van der Waals surface area contributed by atoms with E-state index in [-0.39, 0.29) is 0 Å². The molecule has 1 rings (SSSR count). The summed E-state index contributed by atoms with van der Waals surface area (Å²) in [6.07, 6.45) is 1.47. The molecule has 0 saturated carbocycles. The lowest BCUT2D eigenvalue weighted by atomic mass is 9.96. The average molecular weight is 144 g/mol. The summed E-state index contributed by atoms with van der Waals surface area (Å²) in [5.41, 5.74) is 5.35. The molecule has 1 aliphatic heterocycles. The van der Waals surface area contributed by atoms with Crippen molar-refractivity contribution in [1.82, 2.24) is 4.90 Å². The van der Waals surface area contributed by atoms with Crippen LogP contribution >= 0.6 is 0 Å². The molecule has 0 radical (unpaired) electrons. The Bertz CT molecular complexity index is 97.8. The van der Waals surface area contributed by atoms with E-state index in [4.69, 9.17) is 10.8 Å². The smallest absolute Gasteiger partial charge is 0.105 e. The molecule has 0 unspecified atom stereocenters. The van der Waals surface area contributed by atoms with Crippen LogP contribution in [0.1, 0.15) is 12.8 Å². The first-order valence-corrected chi connectivity index (χ1v) is 3.82. The highest BCUT2D eigenvalue weighted by molar-refractivity contribution is 4.72. The van der Waals surface area contributed by atoms with Crippen LogP contribution in [0, 0.1) is 5.92 Å². The van der Waals surface area contributed by atoms with Crippen molar-refractivity contribution in [2.75, 3.05) is 20.1 Å². The van der Waals surface area contributed by atoms with Crippen molar-refractivity contribution < 1.29 is 5.11 Å². The fourth-order valence-corrected chi connectivity index (χ4v) is 1.37. The molecule has 0 aromatic rings. The van der Waals surface area contributed by atoms with Crippen molar-refractivity contribution in [3.05, 3.63) is 0 Å². The number of likely N-dealkylation sites (tertiary alicyclic amines) is 1. The van der Waals surface area contributed by atoms with E-state index in [1.807, 2.05) is 0 Å². The van der Waals surface area contributed by atoms with Crippen LogP contribution in [-0.4, -0.2) is 36.4 Å². The van der Waals surface area contributed by atoms with Crippen molar-refractivity contribution in [3.8, 4) is 0 Å². The van der Waals surface area contributed by atoms with Gasteiger partial charge < -0.3 is 15.7 Å². The Balaban J connectivity index is 2.26. The monoisotopic (exact) mass is 144 g/mol. The van der Waals surface area contributed by atoms with Gasteiger partial charge in [0.15, 0.2) is 0 Å². The molecule has 0 aliphatic carbocycles. The van der Waals surface area contributed by atoms with Gasteiger partial charge in [-0.05, 0) is 33.0 Å². The lowest BCUT2D eigenvalue weighted by Gasteiger charge is -2.30. The molecule has 0 amide bonds. The summed E-state index contributed by atoms with van der Waals surface area (Å²) in [4.78, 5) is 2.26. The lowest BCUT2D eigenvalue weighted by Crippen LogP contribution is -2.39. The summed E-state index contributed by atoms with van der Waals surface area (Å²) >= 11 is 0. The van der Waals surface area contributed by atoms with Crippen LogP contribution in [-0.2, 0) is 0 Å². The molecule has 0 spiro atoms. The molecular formula is C7H16N2O. The largest absolute Gasteiger partial charge is 0.379 e. The number of hydrogen-bond donors (Lipinski definition) is 2. The predicted molar refractivity (Wildman–Crippen MR) is 40.4 cm³/mol. The summed E-state index contributed by atoms with van der Waals surface area (Å²) in [7, 11) is 2.10. The maximum Gasteiger partial charge on any atom is 0.105 e. The van der Waals surface area contributed by atoms with Gasteiger partial charge in [0.05, 0.1) is 0 Å². The van der Waals surface area contributed by atoms with Gasteiger partial charge in [-0.2, -0.15) is 0 Å². The van der Waals surface area contributed by atoms with Crippen molar-refractivity contribution >= 4 is 0 Å². The van der Waals surface area contributed by atoms with Gasteiger partial charge in [-0.25, -0.2) is 0 Å². The van der Waals surface area contributed by atoms with Crippen LogP contribution in [0.3, 0.4) is 0 Å². The second kappa shape index (κ2) is 3.32. The van der Waals surface area contributed by atoms with Gasteiger partial charge in [-0.15, -0.1) is 0 Å². The average Bonchev–Trinajstić information content (AvgIpc) is 1.88. The van der Waals surface area contributed by atoms with E-state index < -0.39 is 6.23 Å². The van der Waals surface area contributed by atoms with Gasteiger partial charge in [-0.1, -0.05) is 0 Å². The zero-order chi connectivity index (χ0) is 7.56. The normalized spacial score (nSPS) is 26.7. The second-order valence-corrected chi connectivity index (χ2v) is 3.13. The van der Waals surface area contributed by atoms with E-state index in [1.165, 1.54) is 0 Å². The molecule has 3 heteroatoms. The minimum Gasteiger partial charge on any atom is -0.379 e. The van der Waals surface area contributed by atoms with Crippen LogP contribution in [0.5, 0.6) is 0 Å². The molecule has 1 fully saturated rings. The highest BCUT2D eigenvalue weighted by atomic mass is 16.3. The highest BCUT2D eigenvalue weighted by Crippen LogP contribution is 2.16. The van der Waals surface area contributed by atoms with Gasteiger partial charge in [0.2, 0.25) is 0 Å². The number of aliphatic hydroxyl groups is 1. The summed E-state index contributed by atoms with van der Waals surface area (Å²) in [5.74, 6) is 0.330. The Morgan fingerprint density at radius 1 is 1.50 bits per heavy atom. The van der Waals surface area contributed by atoms with Gasteiger partial charge in [0.1, 0.15) is 6.23 Å². The molecule has 0 bridgehead atoms. The fraction of sp³-hybridized carbons (Fsp3) is 1.00. The number of rotatable bonds is 1. The molecule has 1 saturated heterocycles. The minimum absolute atomic E-state index is 0.330. The van der Waals surface area contributed by atoms with Crippen molar-refractivity contribution in [2.45, 2.75) is 19.1 Å². The highest BCUT2D eigenvalue weighted by Gasteiger charge is 2.20. The molecule has 0 aromatic heterocycles.